The average molecular weight is 439 g/mol. The number of ether oxygens (including phenoxy) is 2. The number of nitrogens with zero attached hydrogens (tertiary/aromatic N) is 2. The van der Waals surface area contributed by atoms with Gasteiger partial charge in [0.25, 0.3) is 5.92 Å². The molecule has 2 aliphatic carbocycles. The molecule has 1 saturated heterocycles. The van der Waals surface area contributed by atoms with Crippen LogP contribution in [0, 0.1) is 17.7 Å². The van der Waals surface area contributed by atoms with Gasteiger partial charge in [-0.15, -0.1) is 0 Å². The molecule has 0 unspecified atom stereocenters. The van der Waals surface area contributed by atoms with E-state index in [1.807, 2.05) is 0 Å². The zero-order valence-corrected chi connectivity index (χ0v) is 17.5. The zero-order chi connectivity index (χ0) is 22.2. The number of aliphatic imine (C=N–C) groups is 1. The molecule has 4 rings (SSSR count). The van der Waals surface area contributed by atoms with Crippen molar-refractivity contribution in [2.45, 2.75) is 63.2 Å². The van der Waals surface area contributed by atoms with Gasteiger partial charge in [0.05, 0.1) is 12.6 Å². The van der Waals surface area contributed by atoms with Gasteiger partial charge in [0.1, 0.15) is 17.7 Å². The van der Waals surface area contributed by atoms with Crippen LogP contribution >= 0.6 is 0 Å². The predicted molar refractivity (Wildman–Crippen MR) is 108 cm³/mol. The number of hydrogen-bond acceptors (Lipinski definition) is 4. The molecule has 2 atom stereocenters. The molecule has 3 fully saturated rings. The maximum atomic E-state index is 14.2. The largest absolute Gasteiger partial charge is 0.490 e. The Hall–Kier alpha value is -2.29. The molecule has 1 aromatic rings. The number of nitrogens with two attached hydrogens (primary N) is 1. The summed E-state index contributed by atoms with van der Waals surface area (Å²) in [4.78, 5) is 18.3. The minimum atomic E-state index is -2.69. The number of alkyl halides is 2. The Morgan fingerprint density at radius 2 is 2.06 bits per heavy atom. The summed E-state index contributed by atoms with van der Waals surface area (Å²) >= 11 is 0. The van der Waals surface area contributed by atoms with Crippen molar-refractivity contribution in [2.24, 2.45) is 22.6 Å². The summed E-state index contributed by atoms with van der Waals surface area (Å²) in [6.07, 6.45) is 2.53. The minimum absolute atomic E-state index is 0.00354. The Morgan fingerprint density at radius 3 is 2.74 bits per heavy atom. The van der Waals surface area contributed by atoms with Gasteiger partial charge in [-0.25, -0.2) is 18.2 Å². The lowest BCUT2D eigenvalue weighted by Crippen LogP contribution is -2.45. The number of benzene rings is 1. The van der Waals surface area contributed by atoms with E-state index in [9.17, 15) is 18.0 Å². The molecule has 3 aliphatic rings. The molecule has 6 nitrogen and oxygen atoms in total. The lowest BCUT2D eigenvalue weighted by Gasteiger charge is -2.34. The Bertz CT molecular complexity index is 852. The Labute approximate surface area is 179 Å². The van der Waals surface area contributed by atoms with Crippen molar-refractivity contribution in [1.82, 2.24) is 4.90 Å². The highest BCUT2D eigenvalue weighted by Gasteiger charge is 2.47. The van der Waals surface area contributed by atoms with Crippen molar-refractivity contribution in [3.8, 4) is 5.75 Å². The van der Waals surface area contributed by atoms with Crippen molar-refractivity contribution in [2.75, 3.05) is 13.7 Å². The first-order valence-electron chi connectivity index (χ1n) is 10.7. The smallest absolute Gasteiger partial charge is 0.255 e. The summed E-state index contributed by atoms with van der Waals surface area (Å²) in [5, 5.41) is 0. The lowest BCUT2D eigenvalue weighted by molar-refractivity contribution is -0.136. The highest BCUT2D eigenvalue weighted by molar-refractivity contribution is 5.97. The van der Waals surface area contributed by atoms with Gasteiger partial charge < -0.3 is 15.2 Å². The standard InChI is InChI=1S/C22H28F3N3O3/c1-28(20(29)14-6-7-30-19(9-14)13-2-3-13)21(26)27-12-15-8-16(4-5-18(15)23)31-17-10-22(24,25)11-17/h4-5,8,13-14,17,19H,2-3,6-7,9-12H2,1H3,(H2,26,27)/t14-,19+/m0/s1. The molecule has 31 heavy (non-hydrogen) atoms. The van der Waals surface area contributed by atoms with Crippen LogP contribution in [0.2, 0.25) is 0 Å². The van der Waals surface area contributed by atoms with Crippen molar-refractivity contribution in [1.29, 1.82) is 0 Å². The topological polar surface area (TPSA) is 77.2 Å². The Kier molecular flexibility index (Phi) is 6.14. The van der Waals surface area contributed by atoms with Crippen LogP contribution in [0.3, 0.4) is 0 Å². The van der Waals surface area contributed by atoms with Gasteiger partial charge in [0.2, 0.25) is 5.91 Å². The summed E-state index contributed by atoms with van der Waals surface area (Å²) in [6, 6.07) is 4.05. The molecule has 0 bridgehead atoms. The van der Waals surface area contributed by atoms with Crippen LogP contribution in [-0.2, 0) is 16.1 Å². The lowest BCUT2D eigenvalue weighted by atomic mass is 9.91. The second-order valence-corrected chi connectivity index (χ2v) is 8.80. The number of amides is 1. The van der Waals surface area contributed by atoms with Crippen LogP contribution < -0.4 is 10.5 Å². The highest BCUT2D eigenvalue weighted by atomic mass is 19.3. The van der Waals surface area contributed by atoms with Crippen LogP contribution in [0.25, 0.3) is 0 Å². The molecular weight excluding hydrogens is 411 g/mol. The summed E-state index contributed by atoms with van der Waals surface area (Å²) in [5.41, 5.74) is 6.21. The third kappa shape index (κ3) is 5.31. The van der Waals surface area contributed by atoms with Gasteiger partial charge >= 0.3 is 0 Å². The fourth-order valence-electron chi connectivity index (χ4n) is 4.14. The van der Waals surface area contributed by atoms with Crippen LogP contribution in [0.1, 0.15) is 44.1 Å². The van der Waals surface area contributed by atoms with Crippen LogP contribution in [0.15, 0.2) is 23.2 Å². The van der Waals surface area contributed by atoms with Crippen LogP contribution in [0.5, 0.6) is 5.75 Å². The average Bonchev–Trinajstić information content (AvgIpc) is 3.57. The van der Waals surface area contributed by atoms with Gasteiger partial charge in [-0.05, 0) is 49.8 Å². The Balaban J connectivity index is 1.34. The van der Waals surface area contributed by atoms with Gasteiger partial charge in [-0.3, -0.25) is 9.69 Å². The first kappa shape index (κ1) is 21.9. The first-order chi connectivity index (χ1) is 14.7. The quantitative estimate of drug-likeness (QED) is 0.544. The maximum Gasteiger partial charge on any atom is 0.255 e. The Morgan fingerprint density at radius 1 is 1.32 bits per heavy atom. The zero-order valence-electron chi connectivity index (χ0n) is 17.5. The number of hydrogen-bond donors (Lipinski definition) is 1. The molecule has 0 aromatic heterocycles. The number of guanidine groups is 1. The molecule has 2 N–H and O–H groups in total. The van der Waals surface area contributed by atoms with Gasteiger partial charge in [-0.2, -0.15) is 0 Å². The molecule has 1 amide bonds. The van der Waals surface area contributed by atoms with E-state index in [0.29, 0.717) is 31.1 Å². The van der Waals surface area contributed by atoms with E-state index in [-0.39, 0.29) is 48.8 Å². The fraction of sp³-hybridized carbons (Fsp3) is 0.636. The van der Waals surface area contributed by atoms with Crippen molar-refractivity contribution in [3.05, 3.63) is 29.6 Å². The van der Waals surface area contributed by atoms with E-state index < -0.39 is 17.8 Å². The molecular formula is C22H28F3N3O3. The molecule has 0 spiro atoms. The second kappa shape index (κ2) is 8.68. The molecule has 2 saturated carbocycles. The van der Waals surface area contributed by atoms with E-state index in [1.165, 1.54) is 23.1 Å². The number of halogens is 3. The monoisotopic (exact) mass is 439 g/mol. The van der Waals surface area contributed by atoms with Gasteiger partial charge in [0, 0.05) is 38.0 Å². The second-order valence-electron chi connectivity index (χ2n) is 8.80. The van der Waals surface area contributed by atoms with Crippen molar-refractivity contribution >= 4 is 11.9 Å². The van der Waals surface area contributed by atoms with Gasteiger partial charge in [0.15, 0.2) is 5.96 Å². The van der Waals surface area contributed by atoms with Crippen LogP contribution in [-0.4, -0.2) is 48.6 Å². The van der Waals surface area contributed by atoms with E-state index >= 15 is 0 Å². The number of carbonyl (C=O) groups excluding carboxylic acids is 1. The first-order valence-corrected chi connectivity index (χ1v) is 10.7. The molecule has 9 heteroatoms. The summed E-state index contributed by atoms with van der Waals surface area (Å²) < 4.78 is 51.4. The summed E-state index contributed by atoms with van der Waals surface area (Å²) in [7, 11) is 1.56. The van der Waals surface area contributed by atoms with Crippen molar-refractivity contribution in [3.63, 3.8) is 0 Å². The minimum Gasteiger partial charge on any atom is -0.490 e. The third-order valence-corrected chi connectivity index (χ3v) is 6.27. The van der Waals surface area contributed by atoms with E-state index in [2.05, 4.69) is 4.99 Å². The molecule has 170 valence electrons. The molecule has 0 radical (unpaired) electrons. The normalized spacial score (nSPS) is 26.3. The summed E-state index contributed by atoms with van der Waals surface area (Å²) in [5.74, 6) is -2.59. The SMILES string of the molecule is CN(C(=O)[C@H]1CCO[C@@H](C2CC2)C1)C(N)=NCc1cc(OC2CC(F)(F)C2)ccc1F. The van der Waals surface area contributed by atoms with Crippen LogP contribution in [0.4, 0.5) is 13.2 Å². The van der Waals surface area contributed by atoms with E-state index in [0.717, 1.165) is 12.8 Å². The molecule has 1 heterocycles. The van der Waals surface area contributed by atoms with Crippen molar-refractivity contribution < 1.29 is 27.4 Å². The number of rotatable bonds is 6. The summed E-state index contributed by atoms with van der Waals surface area (Å²) in [6.45, 7) is 0.471. The van der Waals surface area contributed by atoms with E-state index in [1.54, 1.807) is 7.05 Å². The maximum absolute atomic E-state index is 14.2. The molecule has 1 aromatic carbocycles. The molecule has 1 aliphatic heterocycles. The highest BCUT2D eigenvalue weighted by Crippen LogP contribution is 2.40. The fourth-order valence-corrected chi connectivity index (χ4v) is 4.14. The third-order valence-electron chi connectivity index (χ3n) is 6.27. The predicted octanol–water partition coefficient (Wildman–Crippen LogP) is 3.48. The number of carbonyl (C=O) groups is 1. The van der Waals surface area contributed by atoms with Gasteiger partial charge in [-0.1, -0.05) is 0 Å². The van der Waals surface area contributed by atoms with E-state index in [4.69, 9.17) is 15.2 Å².